The normalized spacial score (nSPS) is 10.9. The molecular weight excluding hydrogens is 342 g/mol. The number of fused-ring (bicyclic) bond motifs is 1. The molecule has 134 valence electrons. The third-order valence-corrected chi connectivity index (χ3v) is 4.48. The molecule has 0 saturated heterocycles. The summed E-state index contributed by atoms with van der Waals surface area (Å²) >= 11 is 0. The number of carboxylic acids is 1. The number of hydrogen-bond acceptors (Lipinski definition) is 4. The van der Waals surface area contributed by atoms with Crippen LogP contribution in [0.4, 0.5) is 0 Å². The number of aromatic nitrogens is 3. The van der Waals surface area contributed by atoms with E-state index in [1.54, 1.807) is 13.2 Å². The largest absolute Gasteiger partial charge is 0.497 e. The average molecular weight is 359 g/mol. The summed E-state index contributed by atoms with van der Waals surface area (Å²) in [4.78, 5) is 16.5. The number of ether oxygens (including phenoxy) is 1. The quantitative estimate of drug-likeness (QED) is 0.567. The Hall–Kier alpha value is -3.67. The summed E-state index contributed by atoms with van der Waals surface area (Å²) in [5, 5.41) is 17.5. The van der Waals surface area contributed by atoms with Crippen LogP contribution in [-0.2, 0) is 0 Å². The molecule has 4 rings (SSSR count). The van der Waals surface area contributed by atoms with E-state index in [0.717, 1.165) is 22.4 Å². The van der Waals surface area contributed by atoms with E-state index >= 15 is 0 Å². The predicted molar refractivity (Wildman–Crippen MR) is 103 cm³/mol. The summed E-state index contributed by atoms with van der Waals surface area (Å²) in [5.74, 6) is -0.299. The standard InChI is InChI=1S/C21H17N3O3/c1-12-3-5-14(6-4-12)19-18-16(21(25)26)11-17(22-20(18)24-23-19)13-7-9-15(27-2)10-8-13/h3-11H,1-2H3,(H,25,26)(H,22,23,24). The van der Waals surface area contributed by atoms with Crippen molar-refractivity contribution in [3.05, 3.63) is 65.7 Å². The monoisotopic (exact) mass is 359 g/mol. The number of carbonyl (C=O) groups is 1. The van der Waals surface area contributed by atoms with Crippen LogP contribution in [0.3, 0.4) is 0 Å². The molecule has 6 nitrogen and oxygen atoms in total. The van der Waals surface area contributed by atoms with Gasteiger partial charge in [0.25, 0.3) is 0 Å². The number of aromatic amines is 1. The minimum absolute atomic E-state index is 0.162. The van der Waals surface area contributed by atoms with Crippen molar-refractivity contribution >= 4 is 17.0 Å². The van der Waals surface area contributed by atoms with E-state index in [-0.39, 0.29) is 5.56 Å². The fourth-order valence-electron chi connectivity index (χ4n) is 3.03. The average Bonchev–Trinajstić information content (AvgIpc) is 3.12. The van der Waals surface area contributed by atoms with Crippen molar-refractivity contribution < 1.29 is 14.6 Å². The highest BCUT2D eigenvalue weighted by atomic mass is 16.5. The molecule has 2 N–H and O–H groups in total. The van der Waals surface area contributed by atoms with Gasteiger partial charge < -0.3 is 9.84 Å². The van der Waals surface area contributed by atoms with Gasteiger partial charge in [-0.1, -0.05) is 29.8 Å². The van der Waals surface area contributed by atoms with Crippen LogP contribution in [0.25, 0.3) is 33.5 Å². The number of aryl methyl sites for hydroxylation is 1. The van der Waals surface area contributed by atoms with Crippen LogP contribution in [0.2, 0.25) is 0 Å². The maximum atomic E-state index is 11.9. The summed E-state index contributed by atoms with van der Waals surface area (Å²) in [6, 6.07) is 16.7. The highest BCUT2D eigenvalue weighted by Crippen LogP contribution is 2.32. The Morgan fingerprint density at radius 2 is 1.70 bits per heavy atom. The maximum absolute atomic E-state index is 11.9. The van der Waals surface area contributed by atoms with Gasteiger partial charge in [-0.3, -0.25) is 5.10 Å². The van der Waals surface area contributed by atoms with E-state index < -0.39 is 5.97 Å². The first-order valence-electron chi connectivity index (χ1n) is 8.40. The summed E-state index contributed by atoms with van der Waals surface area (Å²) in [5.41, 5.74) is 4.51. The van der Waals surface area contributed by atoms with Crippen molar-refractivity contribution in [1.29, 1.82) is 0 Å². The molecule has 0 radical (unpaired) electrons. The number of pyridine rings is 1. The number of nitrogens with zero attached hydrogens (tertiary/aromatic N) is 2. The molecule has 2 aromatic carbocycles. The fourth-order valence-corrected chi connectivity index (χ4v) is 3.03. The Balaban J connectivity index is 1.90. The number of rotatable bonds is 4. The van der Waals surface area contributed by atoms with Gasteiger partial charge in [0.2, 0.25) is 0 Å². The number of H-pyrrole nitrogens is 1. The van der Waals surface area contributed by atoms with E-state index in [2.05, 4.69) is 15.2 Å². The van der Waals surface area contributed by atoms with E-state index in [1.807, 2.05) is 55.5 Å². The molecule has 2 aromatic heterocycles. The summed E-state index contributed by atoms with van der Waals surface area (Å²) in [6.45, 7) is 2.00. The number of methoxy groups -OCH3 is 1. The van der Waals surface area contributed by atoms with Gasteiger partial charge in [-0.25, -0.2) is 9.78 Å². The number of nitrogens with one attached hydrogen (secondary N) is 1. The van der Waals surface area contributed by atoms with Crippen molar-refractivity contribution in [3.63, 3.8) is 0 Å². The van der Waals surface area contributed by atoms with Crippen LogP contribution < -0.4 is 4.74 Å². The molecule has 0 atom stereocenters. The van der Waals surface area contributed by atoms with Gasteiger partial charge in [-0.2, -0.15) is 5.10 Å². The Bertz CT molecular complexity index is 1130. The smallest absolute Gasteiger partial charge is 0.336 e. The molecule has 0 saturated carbocycles. The number of hydrogen-bond donors (Lipinski definition) is 2. The van der Waals surface area contributed by atoms with Crippen LogP contribution in [0, 0.1) is 6.92 Å². The first-order chi connectivity index (χ1) is 13.1. The van der Waals surface area contributed by atoms with Crippen molar-refractivity contribution in [1.82, 2.24) is 15.2 Å². The second kappa shape index (κ2) is 6.57. The zero-order chi connectivity index (χ0) is 19.0. The van der Waals surface area contributed by atoms with Crippen LogP contribution in [-0.4, -0.2) is 33.4 Å². The summed E-state index contributed by atoms with van der Waals surface area (Å²) < 4.78 is 5.17. The molecule has 0 spiro atoms. The lowest BCUT2D eigenvalue weighted by molar-refractivity contribution is 0.0699. The van der Waals surface area contributed by atoms with Gasteiger partial charge in [0.05, 0.1) is 29.4 Å². The van der Waals surface area contributed by atoms with Crippen molar-refractivity contribution in [3.8, 4) is 28.3 Å². The fraction of sp³-hybridized carbons (Fsp3) is 0.0952. The van der Waals surface area contributed by atoms with Gasteiger partial charge >= 0.3 is 5.97 Å². The van der Waals surface area contributed by atoms with Crippen molar-refractivity contribution in [2.24, 2.45) is 0 Å². The van der Waals surface area contributed by atoms with Crippen molar-refractivity contribution in [2.75, 3.05) is 7.11 Å². The van der Waals surface area contributed by atoms with E-state index in [0.29, 0.717) is 22.4 Å². The number of carboxylic acid groups (broad SMARTS) is 1. The lowest BCUT2D eigenvalue weighted by Gasteiger charge is -2.07. The number of aromatic carboxylic acids is 1. The molecule has 0 bridgehead atoms. The Kier molecular flexibility index (Phi) is 4.08. The molecular formula is C21H17N3O3. The predicted octanol–water partition coefficient (Wildman–Crippen LogP) is 4.31. The maximum Gasteiger partial charge on any atom is 0.336 e. The summed E-state index contributed by atoms with van der Waals surface area (Å²) in [7, 11) is 1.60. The first kappa shape index (κ1) is 16.8. The van der Waals surface area contributed by atoms with Gasteiger partial charge in [-0.05, 0) is 37.3 Å². The Labute approximate surface area is 155 Å². The molecule has 27 heavy (non-hydrogen) atoms. The first-order valence-corrected chi connectivity index (χ1v) is 8.40. The molecule has 4 aromatic rings. The zero-order valence-corrected chi connectivity index (χ0v) is 14.9. The van der Waals surface area contributed by atoms with Crippen LogP contribution in [0.5, 0.6) is 5.75 Å². The topological polar surface area (TPSA) is 88.1 Å². The second-order valence-corrected chi connectivity index (χ2v) is 6.25. The van der Waals surface area contributed by atoms with E-state index in [9.17, 15) is 9.90 Å². The molecule has 2 heterocycles. The Morgan fingerprint density at radius 3 is 2.33 bits per heavy atom. The zero-order valence-electron chi connectivity index (χ0n) is 14.9. The van der Waals surface area contributed by atoms with Gasteiger partial charge in [0.1, 0.15) is 5.75 Å². The third kappa shape index (κ3) is 3.01. The molecule has 0 fully saturated rings. The molecule has 6 heteroatoms. The van der Waals surface area contributed by atoms with E-state index in [4.69, 9.17) is 4.74 Å². The third-order valence-electron chi connectivity index (χ3n) is 4.48. The van der Waals surface area contributed by atoms with Crippen LogP contribution >= 0.6 is 0 Å². The lowest BCUT2D eigenvalue weighted by atomic mass is 10.0. The molecule has 0 unspecified atom stereocenters. The second-order valence-electron chi connectivity index (χ2n) is 6.25. The summed E-state index contributed by atoms with van der Waals surface area (Å²) in [6.07, 6.45) is 0. The van der Waals surface area contributed by atoms with Crippen LogP contribution in [0.1, 0.15) is 15.9 Å². The SMILES string of the molecule is COc1ccc(-c2cc(C(=O)O)c3c(-c4ccc(C)cc4)[nH]nc3n2)cc1. The minimum atomic E-state index is -1.02. The van der Waals surface area contributed by atoms with Gasteiger partial charge in [0, 0.05) is 11.1 Å². The minimum Gasteiger partial charge on any atom is -0.497 e. The molecule has 0 aliphatic heterocycles. The Morgan fingerprint density at radius 1 is 1.04 bits per heavy atom. The van der Waals surface area contributed by atoms with Crippen molar-refractivity contribution in [2.45, 2.75) is 6.92 Å². The highest BCUT2D eigenvalue weighted by Gasteiger charge is 2.19. The number of benzene rings is 2. The van der Waals surface area contributed by atoms with Crippen LogP contribution in [0.15, 0.2) is 54.6 Å². The molecule has 0 aliphatic rings. The highest BCUT2D eigenvalue weighted by molar-refractivity contribution is 6.08. The molecule has 0 amide bonds. The lowest BCUT2D eigenvalue weighted by Crippen LogP contribution is -2.00. The molecule has 0 aliphatic carbocycles. The van der Waals surface area contributed by atoms with E-state index in [1.165, 1.54) is 0 Å². The van der Waals surface area contributed by atoms with Gasteiger partial charge in [0.15, 0.2) is 5.65 Å². The van der Waals surface area contributed by atoms with Gasteiger partial charge in [-0.15, -0.1) is 0 Å².